The third kappa shape index (κ3) is 3.33. The van der Waals surface area contributed by atoms with Gasteiger partial charge in [0.15, 0.2) is 0 Å². The Balaban J connectivity index is 2.17. The summed E-state index contributed by atoms with van der Waals surface area (Å²) >= 11 is 3.57. The zero-order valence-electron chi connectivity index (χ0n) is 11.9. The molecule has 1 amide bonds. The van der Waals surface area contributed by atoms with E-state index in [1.54, 1.807) is 14.0 Å². The van der Waals surface area contributed by atoms with Gasteiger partial charge in [-0.15, -0.1) is 0 Å². The summed E-state index contributed by atoms with van der Waals surface area (Å²) in [6.45, 7) is 3.45. The number of hydrogen-bond donors (Lipinski definition) is 2. The van der Waals surface area contributed by atoms with Crippen LogP contribution in [-0.2, 0) is 4.79 Å². The maximum atomic E-state index is 11.8. The Morgan fingerprint density at radius 1 is 1.55 bits per heavy atom. The van der Waals surface area contributed by atoms with Crippen LogP contribution in [0.5, 0.6) is 0 Å². The Labute approximate surface area is 128 Å². The van der Waals surface area contributed by atoms with Crippen LogP contribution in [0.2, 0.25) is 0 Å². The lowest BCUT2D eigenvalue weighted by Gasteiger charge is -2.34. The quantitative estimate of drug-likeness (QED) is 0.888. The monoisotopic (exact) mass is 340 g/mol. The van der Waals surface area contributed by atoms with Gasteiger partial charge in [-0.3, -0.25) is 4.79 Å². The topological polar surface area (TPSA) is 52.6 Å². The lowest BCUT2D eigenvalue weighted by atomic mass is 9.96. The Bertz CT molecular complexity index is 491. The van der Waals surface area contributed by atoms with E-state index in [1.165, 1.54) is 0 Å². The maximum absolute atomic E-state index is 11.8. The average molecular weight is 341 g/mol. The Kier molecular flexibility index (Phi) is 5.05. The molecule has 110 valence electrons. The number of aliphatic hydroxyl groups is 1. The van der Waals surface area contributed by atoms with Gasteiger partial charge in [-0.05, 0) is 53.4 Å². The molecule has 1 heterocycles. The summed E-state index contributed by atoms with van der Waals surface area (Å²) in [5, 5.41) is 12.3. The highest BCUT2D eigenvalue weighted by Crippen LogP contribution is 2.32. The van der Waals surface area contributed by atoms with Crippen molar-refractivity contribution >= 4 is 27.5 Å². The third-order valence-electron chi connectivity index (χ3n) is 3.83. The largest absolute Gasteiger partial charge is 0.389 e. The average Bonchev–Trinajstić information content (AvgIpc) is 2.46. The molecule has 20 heavy (non-hydrogen) atoms. The van der Waals surface area contributed by atoms with Crippen LogP contribution in [0.1, 0.15) is 31.4 Å². The molecule has 0 saturated carbocycles. The van der Waals surface area contributed by atoms with Gasteiger partial charge in [0, 0.05) is 24.6 Å². The lowest BCUT2D eigenvalue weighted by molar-refractivity contribution is -0.124. The van der Waals surface area contributed by atoms with E-state index in [2.05, 4.69) is 26.1 Å². The number of rotatable bonds is 3. The van der Waals surface area contributed by atoms with Gasteiger partial charge in [-0.25, -0.2) is 0 Å². The smallest absolute Gasteiger partial charge is 0.224 e. The molecule has 1 aromatic rings. The molecule has 1 saturated heterocycles. The zero-order valence-corrected chi connectivity index (χ0v) is 13.5. The number of piperidine rings is 1. The highest BCUT2D eigenvalue weighted by Gasteiger charge is 2.26. The molecular formula is C15H21BrN2O2. The molecule has 1 fully saturated rings. The first kappa shape index (κ1) is 15.3. The number of benzene rings is 1. The SMILES string of the molecule is CNC(=O)C1CCCN(c2ccc([C@@H](C)O)cc2Br)C1. The molecular weight excluding hydrogens is 320 g/mol. The molecule has 0 spiro atoms. The van der Waals surface area contributed by atoms with Crippen LogP contribution in [0.15, 0.2) is 22.7 Å². The summed E-state index contributed by atoms with van der Waals surface area (Å²) in [5.41, 5.74) is 1.98. The molecule has 0 radical (unpaired) electrons. The summed E-state index contributed by atoms with van der Waals surface area (Å²) in [6.07, 6.45) is 1.49. The van der Waals surface area contributed by atoms with Crippen molar-refractivity contribution in [1.82, 2.24) is 5.32 Å². The van der Waals surface area contributed by atoms with Crippen molar-refractivity contribution in [2.75, 3.05) is 25.0 Å². The number of nitrogens with one attached hydrogen (secondary N) is 1. The van der Waals surface area contributed by atoms with E-state index in [0.717, 1.165) is 41.7 Å². The molecule has 0 bridgehead atoms. The van der Waals surface area contributed by atoms with Crippen molar-refractivity contribution in [2.24, 2.45) is 5.92 Å². The minimum atomic E-state index is -0.472. The van der Waals surface area contributed by atoms with E-state index in [1.807, 2.05) is 18.2 Å². The number of aliphatic hydroxyl groups excluding tert-OH is 1. The van der Waals surface area contributed by atoms with Gasteiger partial charge in [0.2, 0.25) is 5.91 Å². The van der Waals surface area contributed by atoms with Crippen LogP contribution in [-0.4, -0.2) is 31.2 Å². The highest BCUT2D eigenvalue weighted by atomic mass is 79.9. The number of hydrogen-bond acceptors (Lipinski definition) is 3. The normalized spacial score (nSPS) is 20.6. The first-order valence-corrected chi connectivity index (χ1v) is 7.76. The first-order chi connectivity index (χ1) is 9.52. The summed E-state index contributed by atoms with van der Waals surface area (Å²) in [6, 6.07) is 5.90. The number of amides is 1. The van der Waals surface area contributed by atoms with Crippen LogP contribution in [0, 0.1) is 5.92 Å². The van der Waals surface area contributed by atoms with Gasteiger partial charge in [0.25, 0.3) is 0 Å². The van der Waals surface area contributed by atoms with Crippen molar-refractivity contribution in [3.05, 3.63) is 28.2 Å². The number of halogens is 1. The molecule has 1 unspecified atom stereocenters. The fourth-order valence-corrected chi connectivity index (χ4v) is 3.30. The number of carbonyl (C=O) groups is 1. The molecule has 2 rings (SSSR count). The molecule has 4 nitrogen and oxygen atoms in total. The standard InChI is InChI=1S/C15H21BrN2O2/c1-10(19)11-5-6-14(13(16)8-11)18-7-3-4-12(9-18)15(20)17-2/h5-6,8,10,12,19H,3-4,7,9H2,1-2H3,(H,17,20)/t10-,12?/m1/s1. The van der Waals surface area contributed by atoms with Gasteiger partial charge in [0.05, 0.1) is 17.7 Å². The number of nitrogens with zero attached hydrogens (tertiary/aromatic N) is 1. The van der Waals surface area contributed by atoms with E-state index < -0.39 is 6.10 Å². The predicted molar refractivity (Wildman–Crippen MR) is 83.8 cm³/mol. The van der Waals surface area contributed by atoms with Gasteiger partial charge in [0.1, 0.15) is 0 Å². The van der Waals surface area contributed by atoms with Crippen LogP contribution in [0.3, 0.4) is 0 Å². The summed E-state index contributed by atoms with van der Waals surface area (Å²) in [7, 11) is 1.69. The van der Waals surface area contributed by atoms with Crippen LogP contribution in [0.25, 0.3) is 0 Å². The second kappa shape index (κ2) is 6.59. The summed E-state index contributed by atoms with van der Waals surface area (Å²) < 4.78 is 0.966. The minimum Gasteiger partial charge on any atom is -0.389 e. The molecule has 1 aromatic carbocycles. The third-order valence-corrected chi connectivity index (χ3v) is 4.47. The second-order valence-corrected chi connectivity index (χ2v) is 6.14. The molecule has 1 aliphatic heterocycles. The van der Waals surface area contributed by atoms with E-state index in [9.17, 15) is 9.90 Å². The molecule has 5 heteroatoms. The first-order valence-electron chi connectivity index (χ1n) is 6.97. The number of carbonyl (C=O) groups excluding carboxylic acids is 1. The predicted octanol–water partition coefficient (Wildman–Crippen LogP) is 2.46. The Hall–Kier alpha value is -1.07. The van der Waals surface area contributed by atoms with E-state index >= 15 is 0 Å². The molecule has 0 aromatic heterocycles. The van der Waals surface area contributed by atoms with Crippen molar-refractivity contribution < 1.29 is 9.90 Å². The van der Waals surface area contributed by atoms with Crippen molar-refractivity contribution in [3.63, 3.8) is 0 Å². The summed E-state index contributed by atoms with van der Waals surface area (Å²) in [5.74, 6) is 0.170. The fourth-order valence-electron chi connectivity index (χ4n) is 2.65. The second-order valence-electron chi connectivity index (χ2n) is 5.29. The van der Waals surface area contributed by atoms with Gasteiger partial charge in [-0.1, -0.05) is 6.07 Å². The molecule has 2 atom stereocenters. The summed E-state index contributed by atoms with van der Waals surface area (Å²) in [4.78, 5) is 14.0. The Morgan fingerprint density at radius 2 is 2.30 bits per heavy atom. The molecule has 0 aliphatic carbocycles. The highest BCUT2D eigenvalue weighted by molar-refractivity contribution is 9.10. The van der Waals surface area contributed by atoms with E-state index in [4.69, 9.17) is 0 Å². The van der Waals surface area contributed by atoms with Crippen LogP contribution >= 0.6 is 15.9 Å². The maximum Gasteiger partial charge on any atom is 0.224 e. The minimum absolute atomic E-state index is 0.0529. The number of anilines is 1. The van der Waals surface area contributed by atoms with E-state index in [0.29, 0.717) is 0 Å². The van der Waals surface area contributed by atoms with Gasteiger partial charge >= 0.3 is 0 Å². The van der Waals surface area contributed by atoms with Crippen molar-refractivity contribution in [3.8, 4) is 0 Å². The van der Waals surface area contributed by atoms with E-state index in [-0.39, 0.29) is 11.8 Å². The van der Waals surface area contributed by atoms with Gasteiger partial charge < -0.3 is 15.3 Å². The van der Waals surface area contributed by atoms with Gasteiger partial charge in [-0.2, -0.15) is 0 Å². The van der Waals surface area contributed by atoms with Crippen LogP contribution < -0.4 is 10.2 Å². The molecule has 1 aliphatic rings. The Morgan fingerprint density at radius 3 is 2.90 bits per heavy atom. The zero-order chi connectivity index (χ0) is 14.7. The lowest BCUT2D eigenvalue weighted by Crippen LogP contribution is -2.42. The molecule has 2 N–H and O–H groups in total. The fraction of sp³-hybridized carbons (Fsp3) is 0.533. The van der Waals surface area contributed by atoms with Crippen molar-refractivity contribution in [1.29, 1.82) is 0 Å². The van der Waals surface area contributed by atoms with Crippen molar-refractivity contribution in [2.45, 2.75) is 25.9 Å². The van der Waals surface area contributed by atoms with Crippen LogP contribution in [0.4, 0.5) is 5.69 Å².